The molecule has 0 bridgehead atoms. The molecule has 20 heavy (non-hydrogen) atoms. The summed E-state index contributed by atoms with van der Waals surface area (Å²) in [5.74, 6) is 0.583. The van der Waals surface area contributed by atoms with Gasteiger partial charge in [0.05, 0.1) is 5.69 Å². The van der Waals surface area contributed by atoms with E-state index in [0.717, 1.165) is 16.8 Å². The quantitative estimate of drug-likeness (QED) is 0.927. The predicted octanol–water partition coefficient (Wildman–Crippen LogP) is 2.29. The number of anilines is 1. The van der Waals surface area contributed by atoms with Gasteiger partial charge in [0, 0.05) is 24.9 Å². The SMILES string of the molecule is Cc1cccc(N2CN(C)N=N2)c1COc1cc[nH]n1. The molecule has 0 fully saturated rings. The molecule has 1 aliphatic heterocycles. The van der Waals surface area contributed by atoms with Crippen LogP contribution in [0.15, 0.2) is 40.9 Å². The van der Waals surface area contributed by atoms with Crippen LogP contribution in [0.5, 0.6) is 5.88 Å². The molecule has 7 heteroatoms. The minimum absolute atomic E-state index is 0.447. The van der Waals surface area contributed by atoms with Crippen LogP contribution in [0.25, 0.3) is 0 Å². The Kier molecular flexibility index (Phi) is 3.24. The molecule has 1 aromatic carbocycles. The summed E-state index contributed by atoms with van der Waals surface area (Å²) < 4.78 is 5.69. The minimum Gasteiger partial charge on any atom is -0.472 e. The summed E-state index contributed by atoms with van der Waals surface area (Å²) in [5.41, 5.74) is 3.25. The second kappa shape index (κ2) is 5.20. The van der Waals surface area contributed by atoms with E-state index in [1.54, 1.807) is 17.3 Å². The Labute approximate surface area is 116 Å². The normalized spacial score (nSPS) is 14.1. The maximum Gasteiger partial charge on any atom is 0.232 e. The second-order valence-corrected chi connectivity index (χ2v) is 4.65. The first kappa shape index (κ1) is 12.5. The number of H-pyrrole nitrogens is 1. The molecule has 0 aliphatic carbocycles. The van der Waals surface area contributed by atoms with Gasteiger partial charge in [0.15, 0.2) is 0 Å². The Balaban J connectivity index is 1.83. The Hall–Kier alpha value is -2.57. The summed E-state index contributed by atoms with van der Waals surface area (Å²) in [4.78, 5) is 0. The molecule has 0 atom stereocenters. The van der Waals surface area contributed by atoms with Crippen molar-refractivity contribution < 1.29 is 4.74 Å². The minimum atomic E-state index is 0.447. The van der Waals surface area contributed by atoms with E-state index in [-0.39, 0.29) is 0 Å². The van der Waals surface area contributed by atoms with Crippen LogP contribution in [0, 0.1) is 6.92 Å². The second-order valence-electron chi connectivity index (χ2n) is 4.65. The van der Waals surface area contributed by atoms with Crippen molar-refractivity contribution in [3.8, 4) is 5.88 Å². The number of nitrogens with zero attached hydrogens (tertiary/aromatic N) is 5. The molecular weight excluding hydrogens is 256 g/mol. The van der Waals surface area contributed by atoms with Gasteiger partial charge in [-0.05, 0) is 23.8 Å². The molecule has 2 heterocycles. The van der Waals surface area contributed by atoms with Crippen molar-refractivity contribution in [2.75, 3.05) is 18.7 Å². The lowest BCUT2D eigenvalue weighted by atomic mass is 10.1. The van der Waals surface area contributed by atoms with Crippen LogP contribution in [0.2, 0.25) is 0 Å². The number of hydrogen-bond acceptors (Lipinski definition) is 6. The smallest absolute Gasteiger partial charge is 0.232 e. The zero-order chi connectivity index (χ0) is 13.9. The van der Waals surface area contributed by atoms with Gasteiger partial charge in [0.25, 0.3) is 0 Å². The van der Waals surface area contributed by atoms with Crippen LogP contribution in [-0.2, 0) is 6.61 Å². The zero-order valence-corrected chi connectivity index (χ0v) is 11.4. The van der Waals surface area contributed by atoms with E-state index in [4.69, 9.17) is 4.74 Å². The summed E-state index contributed by atoms with van der Waals surface area (Å²) in [6.07, 6.45) is 1.73. The summed E-state index contributed by atoms with van der Waals surface area (Å²) in [5, 5.41) is 18.5. The highest BCUT2D eigenvalue weighted by molar-refractivity contribution is 5.56. The number of hydrogen-bond donors (Lipinski definition) is 1. The number of aryl methyl sites for hydroxylation is 1. The number of nitrogens with one attached hydrogen (secondary N) is 1. The van der Waals surface area contributed by atoms with E-state index < -0.39 is 0 Å². The predicted molar refractivity (Wildman–Crippen MR) is 74.1 cm³/mol. The number of aromatic amines is 1. The summed E-state index contributed by atoms with van der Waals surface area (Å²) in [6.45, 7) is 3.14. The molecule has 0 radical (unpaired) electrons. The Morgan fingerprint density at radius 3 is 2.90 bits per heavy atom. The van der Waals surface area contributed by atoms with E-state index in [1.807, 2.05) is 24.2 Å². The summed E-state index contributed by atoms with van der Waals surface area (Å²) in [6, 6.07) is 7.88. The highest BCUT2D eigenvalue weighted by Crippen LogP contribution is 2.27. The summed E-state index contributed by atoms with van der Waals surface area (Å²) >= 11 is 0. The molecule has 0 amide bonds. The van der Waals surface area contributed by atoms with E-state index in [2.05, 4.69) is 33.6 Å². The maximum absolute atomic E-state index is 5.69. The van der Waals surface area contributed by atoms with E-state index in [1.165, 1.54) is 0 Å². The molecule has 0 spiro atoms. The molecule has 0 unspecified atom stereocenters. The Bertz CT molecular complexity index is 609. The fraction of sp³-hybridized carbons (Fsp3) is 0.308. The van der Waals surface area contributed by atoms with Gasteiger partial charge in [-0.2, -0.15) is 0 Å². The first-order valence-corrected chi connectivity index (χ1v) is 6.35. The van der Waals surface area contributed by atoms with Crippen molar-refractivity contribution in [3.63, 3.8) is 0 Å². The number of aromatic nitrogens is 2. The maximum atomic E-state index is 5.69. The standard InChI is InChI=1S/C13H16N6O/c1-10-4-3-5-12(19-9-18(2)16-17-19)11(10)8-20-13-6-7-14-15-13/h3-7H,8-9H2,1-2H3,(H,14,15). The van der Waals surface area contributed by atoms with Gasteiger partial charge in [-0.3, -0.25) is 10.1 Å². The third kappa shape index (κ3) is 2.42. The third-order valence-corrected chi connectivity index (χ3v) is 3.14. The molecule has 1 N–H and O–H groups in total. The van der Waals surface area contributed by atoms with Gasteiger partial charge in [-0.15, -0.1) is 5.10 Å². The van der Waals surface area contributed by atoms with Crippen molar-refractivity contribution in [1.29, 1.82) is 0 Å². The van der Waals surface area contributed by atoms with Crippen LogP contribution < -0.4 is 9.75 Å². The highest BCUT2D eigenvalue weighted by atomic mass is 16.5. The lowest BCUT2D eigenvalue weighted by Crippen LogP contribution is -2.23. The molecule has 7 nitrogen and oxygen atoms in total. The zero-order valence-electron chi connectivity index (χ0n) is 11.4. The van der Waals surface area contributed by atoms with Crippen LogP contribution in [0.1, 0.15) is 11.1 Å². The Morgan fingerprint density at radius 2 is 2.20 bits per heavy atom. The molecule has 2 aromatic rings. The molecule has 1 aromatic heterocycles. The van der Waals surface area contributed by atoms with Gasteiger partial charge < -0.3 is 4.74 Å². The molecule has 0 saturated carbocycles. The Morgan fingerprint density at radius 1 is 1.30 bits per heavy atom. The number of benzene rings is 1. The fourth-order valence-corrected chi connectivity index (χ4v) is 2.08. The number of rotatable bonds is 4. The van der Waals surface area contributed by atoms with Gasteiger partial charge in [-0.25, -0.2) is 5.01 Å². The first-order chi connectivity index (χ1) is 9.74. The van der Waals surface area contributed by atoms with Crippen molar-refractivity contribution >= 4 is 5.69 Å². The van der Waals surface area contributed by atoms with Crippen molar-refractivity contribution in [2.24, 2.45) is 10.4 Å². The lowest BCUT2D eigenvalue weighted by molar-refractivity contribution is 0.292. The summed E-state index contributed by atoms with van der Waals surface area (Å²) in [7, 11) is 1.89. The molecule has 1 aliphatic rings. The van der Waals surface area contributed by atoms with Crippen LogP contribution in [0.3, 0.4) is 0 Å². The van der Waals surface area contributed by atoms with Crippen LogP contribution in [-0.4, -0.2) is 28.9 Å². The van der Waals surface area contributed by atoms with Crippen molar-refractivity contribution in [3.05, 3.63) is 41.6 Å². The van der Waals surface area contributed by atoms with Crippen LogP contribution >= 0.6 is 0 Å². The average Bonchev–Trinajstić information content (AvgIpc) is 3.08. The van der Waals surface area contributed by atoms with Crippen LogP contribution in [0.4, 0.5) is 5.69 Å². The monoisotopic (exact) mass is 272 g/mol. The lowest BCUT2D eigenvalue weighted by Gasteiger charge is -2.19. The van der Waals surface area contributed by atoms with E-state index >= 15 is 0 Å². The average molecular weight is 272 g/mol. The van der Waals surface area contributed by atoms with Crippen molar-refractivity contribution in [2.45, 2.75) is 13.5 Å². The topological polar surface area (TPSA) is 69.1 Å². The largest absolute Gasteiger partial charge is 0.472 e. The fourth-order valence-electron chi connectivity index (χ4n) is 2.08. The molecule has 0 saturated heterocycles. The van der Waals surface area contributed by atoms with Gasteiger partial charge in [-0.1, -0.05) is 17.4 Å². The van der Waals surface area contributed by atoms with E-state index in [0.29, 0.717) is 19.2 Å². The molecule has 104 valence electrons. The third-order valence-electron chi connectivity index (χ3n) is 3.14. The van der Waals surface area contributed by atoms with Gasteiger partial charge in [0.2, 0.25) is 5.88 Å². The molecule has 3 rings (SSSR count). The highest BCUT2D eigenvalue weighted by Gasteiger charge is 2.18. The first-order valence-electron chi connectivity index (χ1n) is 6.35. The number of ether oxygens (including phenoxy) is 1. The molecular formula is C13H16N6O. The van der Waals surface area contributed by atoms with Gasteiger partial charge >= 0.3 is 0 Å². The van der Waals surface area contributed by atoms with Gasteiger partial charge in [0.1, 0.15) is 13.3 Å². The van der Waals surface area contributed by atoms with E-state index in [9.17, 15) is 0 Å². The van der Waals surface area contributed by atoms with Crippen molar-refractivity contribution in [1.82, 2.24) is 15.2 Å².